The number of hydrogen-bond acceptors (Lipinski definition) is 3. The number of amides is 3. The molecular formula is C19H29N4O3+. The number of piperidine rings is 1. The molecule has 2 fully saturated rings. The van der Waals surface area contributed by atoms with Crippen molar-refractivity contribution < 1.29 is 19.2 Å². The van der Waals surface area contributed by atoms with Gasteiger partial charge in [-0.1, -0.05) is 0 Å². The van der Waals surface area contributed by atoms with Gasteiger partial charge < -0.3 is 24.8 Å². The summed E-state index contributed by atoms with van der Waals surface area (Å²) in [6.07, 6.45) is 2.39. The second-order valence-corrected chi connectivity index (χ2v) is 7.35. The third-order valence-corrected chi connectivity index (χ3v) is 5.51. The van der Waals surface area contributed by atoms with Crippen molar-refractivity contribution in [3.05, 3.63) is 24.3 Å². The van der Waals surface area contributed by atoms with E-state index in [1.165, 1.54) is 4.90 Å². The molecule has 2 saturated heterocycles. The Balaban J connectivity index is 1.55. The molecule has 0 radical (unpaired) electrons. The third kappa shape index (κ3) is 4.09. The minimum absolute atomic E-state index is 0.0333. The van der Waals surface area contributed by atoms with Gasteiger partial charge in [-0.3, -0.25) is 4.79 Å². The molecular weight excluding hydrogens is 332 g/mol. The van der Waals surface area contributed by atoms with Gasteiger partial charge in [-0.15, -0.1) is 0 Å². The van der Waals surface area contributed by atoms with Crippen LogP contribution in [0, 0.1) is 0 Å². The Labute approximate surface area is 154 Å². The van der Waals surface area contributed by atoms with Crippen LogP contribution in [0.25, 0.3) is 0 Å². The number of benzene rings is 1. The highest BCUT2D eigenvalue weighted by molar-refractivity contribution is 5.96. The predicted molar refractivity (Wildman–Crippen MR) is 99.7 cm³/mol. The summed E-state index contributed by atoms with van der Waals surface area (Å²) in [7, 11) is 5.66. The van der Waals surface area contributed by atoms with Gasteiger partial charge in [0.15, 0.2) is 0 Å². The van der Waals surface area contributed by atoms with Crippen molar-refractivity contribution in [2.45, 2.75) is 31.3 Å². The van der Waals surface area contributed by atoms with Gasteiger partial charge in [0.25, 0.3) is 0 Å². The topological polar surface area (TPSA) is 66.3 Å². The highest BCUT2D eigenvalue weighted by atomic mass is 16.5. The standard InChI is InChI=1S/C19H28N4O3/c1-21-10-8-15(9-11-21)22(2)19(25)20-14-12-18(24)23(13-14)16-4-6-17(26-3)7-5-16/h4-7,14-15H,8-13H2,1-3H3,(H,20,25)/p+1/t14-/m1/s1. The highest BCUT2D eigenvalue weighted by Gasteiger charge is 2.33. The Bertz CT molecular complexity index is 641. The SMILES string of the molecule is COc1ccc(N2C[C@H](NC(=O)N(C)C3CC[NH+](C)CC3)CC2=O)cc1. The van der Waals surface area contributed by atoms with Gasteiger partial charge in [0, 0.05) is 44.6 Å². The summed E-state index contributed by atoms with van der Waals surface area (Å²) >= 11 is 0. The van der Waals surface area contributed by atoms with Crippen molar-refractivity contribution in [1.82, 2.24) is 10.2 Å². The van der Waals surface area contributed by atoms with Crippen LogP contribution in [-0.4, -0.2) is 69.8 Å². The van der Waals surface area contributed by atoms with E-state index in [2.05, 4.69) is 12.4 Å². The number of nitrogens with one attached hydrogen (secondary N) is 2. The van der Waals surface area contributed by atoms with Crippen LogP contribution in [0.3, 0.4) is 0 Å². The lowest BCUT2D eigenvalue weighted by Gasteiger charge is -2.33. The van der Waals surface area contributed by atoms with Gasteiger partial charge in [0.1, 0.15) is 5.75 Å². The molecule has 2 aliphatic heterocycles. The fourth-order valence-corrected chi connectivity index (χ4v) is 3.74. The minimum atomic E-state index is -0.156. The van der Waals surface area contributed by atoms with Crippen LogP contribution in [0.1, 0.15) is 19.3 Å². The van der Waals surface area contributed by atoms with Gasteiger partial charge in [-0.25, -0.2) is 4.79 Å². The van der Waals surface area contributed by atoms with Crippen molar-refractivity contribution >= 4 is 17.6 Å². The Kier molecular flexibility index (Phi) is 5.66. The quantitative estimate of drug-likeness (QED) is 0.801. The molecule has 2 heterocycles. The Morgan fingerprint density at radius 1 is 1.27 bits per heavy atom. The number of quaternary nitrogens is 1. The number of nitrogens with zero attached hydrogens (tertiary/aromatic N) is 2. The molecule has 2 aliphatic rings. The van der Waals surface area contributed by atoms with Crippen molar-refractivity contribution in [2.24, 2.45) is 0 Å². The van der Waals surface area contributed by atoms with E-state index in [1.54, 1.807) is 12.0 Å². The van der Waals surface area contributed by atoms with Crippen LogP contribution in [0.15, 0.2) is 24.3 Å². The normalized spacial score (nSPS) is 25.9. The summed E-state index contributed by atoms with van der Waals surface area (Å²) in [5, 5.41) is 3.03. The molecule has 0 aromatic heterocycles. The Morgan fingerprint density at radius 2 is 1.92 bits per heavy atom. The van der Waals surface area contributed by atoms with E-state index >= 15 is 0 Å². The fourth-order valence-electron chi connectivity index (χ4n) is 3.74. The maximum Gasteiger partial charge on any atom is 0.317 e. The van der Waals surface area contributed by atoms with Crippen LogP contribution < -0.4 is 19.9 Å². The van der Waals surface area contributed by atoms with Gasteiger partial charge in [-0.2, -0.15) is 0 Å². The Morgan fingerprint density at radius 3 is 2.54 bits per heavy atom. The zero-order valence-electron chi connectivity index (χ0n) is 15.8. The summed E-state index contributed by atoms with van der Waals surface area (Å²) in [5.41, 5.74) is 0.833. The largest absolute Gasteiger partial charge is 0.497 e. The van der Waals surface area contributed by atoms with Crippen LogP contribution in [0.2, 0.25) is 0 Å². The number of carbonyl (C=O) groups excluding carboxylic acids is 2. The minimum Gasteiger partial charge on any atom is -0.497 e. The lowest BCUT2D eigenvalue weighted by Crippen LogP contribution is -3.10. The number of hydrogen-bond donors (Lipinski definition) is 2. The van der Waals surface area contributed by atoms with Crippen LogP contribution >= 0.6 is 0 Å². The fraction of sp³-hybridized carbons (Fsp3) is 0.579. The molecule has 26 heavy (non-hydrogen) atoms. The number of methoxy groups -OCH3 is 1. The van der Waals surface area contributed by atoms with Crippen molar-refractivity contribution in [3.8, 4) is 5.75 Å². The van der Waals surface area contributed by atoms with Gasteiger partial charge in [0.05, 0.1) is 33.3 Å². The maximum absolute atomic E-state index is 12.6. The van der Waals surface area contributed by atoms with Crippen LogP contribution in [0.5, 0.6) is 5.75 Å². The molecule has 0 aliphatic carbocycles. The van der Waals surface area contributed by atoms with Crippen molar-refractivity contribution in [2.75, 3.05) is 45.7 Å². The average molecular weight is 361 g/mol. The zero-order chi connectivity index (χ0) is 18.7. The number of anilines is 1. The third-order valence-electron chi connectivity index (χ3n) is 5.51. The van der Waals surface area contributed by atoms with E-state index in [1.807, 2.05) is 36.2 Å². The second-order valence-electron chi connectivity index (χ2n) is 7.35. The first-order valence-electron chi connectivity index (χ1n) is 9.27. The summed E-state index contributed by atoms with van der Waals surface area (Å²) in [5.74, 6) is 0.790. The number of urea groups is 1. The lowest BCUT2D eigenvalue weighted by atomic mass is 10.0. The number of ether oxygens (including phenoxy) is 1. The molecule has 1 aromatic rings. The molecule has 1 aromatic carbocycles. The van der Waals surface area contributed by atoms with Crippen molar-refractivity contribution in [3.63, 3.8) is 0 Å². The van der Waals surface area contributed by atoms with E-state index in [0.29, 0.717) is 13.0 Å². The molecule has 7 nitrogen and oxygen atoms in total. The number of carbonyl (C=O) groups is 2. The molecule has 0 bridgehead atoms. The summed E-state index contributed by atoms with van der Waals surface area (Å²) in [6, 6.07) is 7.46. The summed E-state index contributed by atoms with van der Waals surface area (Å²) < 4.78 is 5.16. The van der Waals surface area contributed by atoms with Crippen molar-refractivity contribution in [1.29, 1.82) is 0 Å². The molecule has 3 amide bonds. The Hall–Kier alpha value is -2.28. The molecule has 142 valence electrons. The van der Waals surface area contributed by atoms with Gasteiger partial charge in [-0.05, 0) is 24.3 Å². The van der Waals surface area contributed by atoms with E-state index < -0.39 is 0 Å². The molecule has 2 N–H and O–H groups in total. The van der Waals surface area contributed by atoms with E-state index in [9.17, 15) is 9.59 Å². The van der Waals surface area contributed by atoms with Crippen LogP contribution in [-0.2, 0) is 4.79 Å². The molecule has 0 spiro atoms. The molecule has 1 atom stereocenters. The molecule has 0 saturated carbocycles. The number of rotatable bonds is 4. The van der Waals surface area contributed by atoms with E-state index in [4.69, 9.17) is 4.74 Å². The second kappa shape index (κ2) is 7.95. The first-order chi connectivity index (χ1) is 12.5. The first-order valence-corrected chi connectivity index (χ1v) is 9.27. The summed E-state index contributed by atoms with van der Waals surface area (Å²) in [6.45, 7) is 2.69. The predicted octanol–water partition coefficient (Wildman–Crippen LogP) is 0.119. The van der Waals surface area contributed by atoms with Gasteiger partial charge >= 0.3 is 6.03 Å². The molecule has 7 heteroatoms. The van der Waals surface area contributed by atoms with Crippen LogP contribution in [0.4, 0.5) is 10.5 Å². The monoisotopic (exact) mass is 361 g/mol. The van der Waals surface area contributed by atoms with E-state index in [0.717, 1.165) is 37.4 Å². The smallest absolute Gasteiger partial charge is 0.317 e. The molecule has 3 rings (SSSR count). The summed E-state index contributed by atoms with van der Waals surface area (Å²) in [4.78, 5) is 30.0. The van der Waals surface area contributed by atoms with Gasteiger partial charge in [0.2, 0.25) is 5.91 Å². The number of likely N-dealkylation sites (tertiary alicyclic amines) is 1. The molecule has 0 unspecified atom stereocenters. The maximum atomic E-state index is 12.6. The first kappa shape index (κ1) is 18.5. The lowest BCUT2D eigenvalue weighted by molar-refractivity contribution is -0.885. The zero-order valence-corrected chi connectivity index (χ0v) is 15.8. The van der Waals surface area contributed by atoms with E-state index in [-0.39, 0.29) is 24.0 Å². The highest BCUT2D eigenvalue weighted by Crippen LogP contribution is 2.24. The average Bonchev–Trinajstić information content (AvgIpc) is 3.02.